The highest BCUT2D eigenvalue weighted by Gasteiger charge is 2.51. The van der Waals surface area contributed by atoms with Crippen LogP contribution in [0, 0.1) is 0 Å². The van der Waals surface area contributed by atoms with Gasteiger partial charge in [-0.2, -0.15) is 8.78 Å². The molecule has 2 bridgehead atoms. The Morgan fingerprint density at radius 2 is 1.70 bits per heavy atom. The maximum atomic E-state index is 14.5. The standard InChI is InChI=1S/C19H17F2NO/c20-19(21,11-13-6-2-1-3-7-13)18(23)22-12-14-10-17(22)16-9-5-4-8-15(14)16/h1-9,14,17H,10-12H2. The molecule has 1 heterocycles. The fourth-order valence-electron chi connectivity index (χ4n) is 3.90. The van der Waals surface area contributed by atoms with Crippen LogP contribution in [0.4, 0.5) is 8.78 Å². The quantitative estimate of drug-likeness (QED) is 0.840. The topological polar surface area (TPSA) is 20.3 Å². The molecule has 0 N–H and O–H groups in total. The number of amides is 1. The van der Waals surface area contributed by atoms with Gasteiger partial charge in [0.1, 0.15) is 0 Å². The lowest BCUT2D eigenvalue weighted by molar-refractivity contribution is -0.158. The molecule has 2 aromatic carbocycles. The summed E-state index contributed by atoms with van der Waals surface area (Å²) in [5.74, 6) is -4.20. The van der Waals surface area contributed by atoms with Gasteiger partial charge >= 0.3 is 5.92 Å². The van der Waals surface area contributed by atoms with Crippen molar-refractivity contribution in [3.05, 3.63) is 71.3 Å². The molecule has 2 unspecified atom stereocenters. The third-order valence-corrected chi connectivity index (χ3v) is 4.94. The molecule has 0 aromatic heterocycles. The van der Waals surface area contributed by atoms with Crippen molar-refractivity contribution in [3.8, 4) is 0 Å². The third-order valence-electron chi connectivity index (χ3n) is 4.94. The molecule has 1 saturated heterocycles. The normalized spacial score (nSPS) is 22.3. The average molecular weight is 313 g/mol. The number of carbonyl (C=O) groups excluding carboxylic acids is 1. The van der Waals surface area contributed by atoms with Crippen LogP contribution in [0.3, 0.4) is 0 Å². The second kappa shape index (κ2) is 5.15. The molecule has 1 aliphatic heterocycles. The number of fused-ring (bicyclic) bond motifs is 5. The van der Waals surface area contributed by atoms with E-state index in [-0.39, 0.29) is 12.0 Å². The Morgan fingerprint density at radius 1 is 1.04 bits per heavy atom. The summed E-state index contributed by atoms with van der Waals surface area (Å²) in [6.45, 7) is 0.408. The van der Waals surface area contributed by atoms with Crippen molar-refractivity contribution in [2.75, 3.05) is 6.54 Å². The van der Waals surface area contributed by atoms with Gasteiger partial charge in [-0.3, -0.25) is 4.79 Å². The van der Waals surface area contributed by atoms with Crippen molar-refractivity contribution in [2.24, 2.45) is 0 Å². The third kappa shape index (κ3) is 2.33. The number of halogens is 2. The van der Waals surface area contributed by atoms with Crippen LogP contribution in [0.25, 0.3) is 0 Å². The highest BCUT2D eigenvalue weighted by molar-refractivity contribution is 5.85. The number of likely N-dealkylation sites (tertiary alicyclic amines) is 1. The predicted molar refractivity (Wildman–Crippen MR) is 83.3 cm³/mol. The van der Waals surface area contributed by atoms with Gasteiger partial charge in [-0.15, -0.1) is 0 Å². The zero-order chi connectivity index (χ0) is 16.0. The first-order valence-electron chi connectivity index (χ1n) is 7.88. The Bertz CT molecular complexity index is 744. The minimum atomic E-state index is -3.36. The Labute approximate surface area is 133 Å². The van der Waals surface area contributed by atoms with Crippen molar-refractivity contribution >= 4 is 5.91 Å². The number of carbonyl (C=O) groups is 1. The van der Waals surface area contributed by atoms with E-state index in [1.807, 2.05) is 24.3 Å². The van der Waals surface area contributed by atoms with Gasteiger partial charge in [0.15, 0.2) is 0 Å². The van der Waals surface area contributed by atoms with Crippen molar-refractivity contribution < 1.29 is 13.6 Å². The van der Waals surface area contributed by atoms with Crippen LogP contribution in [0.1, 0.15) is 35.1 Å². The lowest BCUT2D eigenvalue weighted by Gasteiger charge is -2.31. The molecule has 2 aliphatic rings. The second-order valence-electron chi connectivity index (χ2n) is 6.40. The van der Waals surface area contributed by atoms with Crippen LogP contribution in [0.5, 0.6) is 0 Å². The van der Waals surface area contributed by atoms with Crippen LogP contribution in [0.2, 0.25) is 0 Å². The van der Waals surface area contributed by atoms with E-state index in [4.69, 9.17) is 0 Å². The molecule has 1 fully saturated rings. The summed E-state index contributed by atoms with van der Waals surface area (Å²) in [6.07, 6.45) is 0.231. The van der Waals surface area contributed by atoms with Crippen molar-refractivity contribution in [2.45, 2.75) is 30.7 Å². The molecular formula is C19H17F2NO. The second-order valence-corrected chi connectivity index (χ2v) is 6.40. The Hall–Kier alpha value is -2.23. The Balaban J connectivity index is 1.56. The number of rotatable bonds is 3. The molecule has 1 aliphatic carbocycles. The predicted octanol–water partition coefficient (Wildman–Crippen LogP) is 3.94. The maximum absolute atomic E-state index is 14.5. The molecule has 4 rings (SSSR count). The summed E-state index contributed by atoms with van der Waals surface area (Å²) in [5.41, 5.74) is 2.73. The van der Waals surface area contributed by atoms with E-state index in [2.05, 4.69) is 0 Å². The average Bonchev–Trinajstić information content (AvgIpc) is 3.14. The summed E-state index contributed by atoms with van der Waals surface area (Å²) in [5, 5.41) is 0. The van der Waals surface area contributed by atoms with Gasteiger partial charge in [0.25, 0.3) is 5.91 Å². The smallest absolute Gasteiger partial charge is 0.328 e. The van der Waals surface area contributed by atoms with Gasteiger partial charge in [-0.1, -0.05) is 54.6 Å². The summed E-state index contributed by atoms with van der Waals surface area (Å²) < 4.78 is 28.9. The number of hydrogen-bond donors (Lipinski definition) is 0. The van der Waals surface area contributed by atoms with E-state index in [0.717, 1.165) is 12.0 Å². The Morgan fingerprint density at radius 3 is 2.43 bits per heavy atom. The molecule has 2 aromatic rings. The van der Waals surface area contributed by atoms with Crippen LogP contribution in [0.15, 0.2) is 54.6 Å². The van der Waals surface area contributed by atoms with E-state index in [1.54, 1.807) is 30.3 Å². The zero-order valence-corrected chi connectivity index (χ0v) is 12.6. The molecule has 2 nitrogen and oxygen atoms in total. The molecule has 1 amide bonds. The fraction of sp³-hybridized carbons (Fsp3) is 0.316. The van der Waals surface area contributed by atoms with Crippen molar-refractivity contribution in [1.82, 2.24) is 4.90 Å². The van der Waals surface area contributed by atoms with Gasteiger partial charge in [0.2, 0.25) is 0 Å². The van der Waals surface area contributed by atoms with E-state index < -0.39 is 18.3 Å². The van der Waals surface area contributed by atoms with E-state index in [0.29, 0.717) is 12.1 Å². The number of nitrogens with zero attached hydrogens (tertiary/aromatic N) is 1. The molecule has 0 saturated carbocycles. The van der Waals surface area contributed by atoms with Gasteiger partial charge < -0.3 is 4.90 Å². The van der Waals surface area contributed by atoms with Gasteiger partial charge in [0, 0.05) is 18.9 Å². The lowest BCUT2D eigenvalue weighted by Crippen LogP contribution is -2.45. The largest absolute Gasteiger partial charge is 0.330 e. The first kappa shape index (κ1) is 14.4. The Kier molecular flexibility index (Phi) is 3.22. The molecule has 4 heteroatoms. The molecular weight excluding hydrogens is 296 g/mol. The monoisotopic (exact) mass is 313 g/mol. The maximum Gasteiger partial charge on any atom is 0.328 e. The molecule has 2 atom stereocenters. The summed E-state index contributed by atoms with van der Waals surface area (Å²) in [4.78, 5) is 13.8. The first-order valence-corrected chi connectivity index (χ1v) is 7.88. The number of hydrogen-bond acceptors (Lipinski definition) is 1. The van der Waals surface area contributed by atoms with Crippen LogP contribution in [-0.2, 0) is 11.2 Å². The zero-order valence-electron chi connectivity index (χ0n) is 12.6. The fourth-order valence-corrected chi connectivity index (χ4v) is 3.90. The summed E-state index contributed by atoms with van der Waals surface area (Å²) in [7, 11) is 0. The summed E-state index contributed by atoms with van der Waals surface area (Å²) in [6, 6.07) is 16.1. The van der Waals surface area contributed by atoms with E-state index in [9.17, 15) is 13.6 Å². The van der Waals surface area contributed by atoms with Gasteiger partial charge in [0.05, 0.1) is 6.04 Å². The summed E-state index contributed by atoms with van der Waals surface area (Å²) >= 11 is 0. The SMILES string of the molecule is O=C(N1CC2CC1c1ccccc12)C(F)(F)Cc1ccccc1. The van der Waals surface area contributed by atoms with E-state index >= 15 is 0 Å². The van der Waals surface area contributed by atoms with Gasteiger partial charge in [-0.05, 0) is 23.1 Å². The van der Waals surface area contributed by atoms with E-state index in [1.165, 1.54) is 10.5 Å². The number of alkyl halides is 2. The minimum Gasteiger partial charge on any atom is -0.330 e. The molecule has 0 spiro atoms. The van der Waals surface area contributed by atoms with Crippen LogP contribution >= 0.6 is 0 Å². The lowest BCUT2D eigenvalue weighted by atomic mass is 9.98. The molecule has 118 valence electrons. The van der Waals surface area contributed by atoms with Crippen LogP contribution < -0.4 is 0 Å². The van der Waals surface area contributed by atoms with Gasteiger partial charge in [-0.25, -0.2) is 0 Å². The minimum absolute atomic E-state index is 0.189. The highest BCUT2D eigenvalue weighted by Crippen LogP contribution is 2.50. The van der Waals surface area contributed by atoms with Crippen LogP contribution in [-0.4, -0.2) is 23.3 Å². The van der Waals surface area contributed by atoms with Crippen molar-refractivity contribution in [3.63, 3.8) is 0 Å². The van der Waals surface area contributed by atoms with Crippen molar-refractivity contribution in [1.29, 1.82) is 0 Å². The molecule has 23 heavy (non-hydrogen) atoms. The molecule has 0 radical (unpaired) electrons. The number of benzene rings is 2. The highest BCUT2D eigenvalue weighted by atomic mass is 19.3. The first-order chi connectivity index (χ1) is 11.1.